The number of aliphatic hydroxyl groups is 1. The SMILES string of the molecule is O=C1C(=O)N(Cc2ccco2)C(c2ccccn2)/C1=C(/O)c1ccc(Br)cc1. The standard InChI is InChI=1S/C21H15BrN2O4/c22-14-8-6-13(7-9-14)19(25)17-18(16-5-1-2-10-23-16)24(21(27)20(17)26)12-15-4-3-11-28-15/h1-11,18,25H,12H2/b19-17-. The fourth-order valence-corrected chi connectivity index (χ4v) is 3.49. The highest BCUT2D eigenvalue weighted by molar-refractivity contribution is 9.10. The van der Waals surface area contributed by atoms with E-state index in [1.54, 1.807) is 60.8 Å². The first kappa shape index (κ1) is 18.2. The fraction of sp³-hybridized carbons (Fsp3) is 0.0952. The quantitative estimate of drug-likeness (QED) is 0.377. The van der Waals surface area contributed by atoms with Crippen LogP contribution in [0.4, 0.5) is 0 Å². The largest absolute Gasteiger partial charge is 0.507 e. The van der Waals surface area contributed by atoms with Crippen LogP contribution in [-0.4, -0.2) is 26.7 Å². The van der Waals surface area contributed by atoms with Gasteiger partial charge in [0.15, 0.2) is 0 Å². The zero-order valence-corrected chi connectivity index (χ0v) is 16.2. The first-order valence-corrected chi connectivity index (χ1v) is 9.33. The van der Waals surface area contributed by atoms with Gasteiger partial charge in [-0.3, -0.25) is 14.6 Å². The van der Waals surface area contributed by atoms with Crippen molar-refractivity contribution in [3.8, 4) is 0 Å². The monoisotopic (exact) mass is 438 g/mol. The van der Waals surface area contributed by atoms with Crippen molar-refractivity contribution in [2.24, 2.45) is 0 Å². The average Bonchev–Trinajstić information content (AvgIpc) is 3.31. The molecule has 3 aromatic rings. The Morgan fingerprint density at radius 2 is 1.89 bits per heavy atom. The molecule has 1 unspecified atom stereocenters. The van der Waals surface area contributed by atoms with Crippen LogP contribution in [0.15, 0.2) is 81.5 Å². The first-order chi connectivity index (χ1) is 13.6. The third kappa shape index (κ3) is 3.25. The third-order valence-electron chi connectivity index (χ3n) is 4.53. The van der Waals surface area contributed by atoms with E-state index in [9.17, 15) is 14.7 Å². The van der Waals surface area contributed by atoms with Crippen molar-refractivity contribution in [3.05, 3.63) is 94.1 Å². The maximum Gasteiger partial charge on any atom is 0.296 e. The van der Waals surface area contributed by atoms with Crippen LogP contribution in [0.2, 0.25) is 0 Å². The summed E-state index contributed by atoms with van der Waals surface area (Å²) in [7, 11) is 0. The Morgan fingerprint density at radius 1 is 1.11 bits per heavy atom. The topological polar surface area (TPSA) is 83.6 Å². The number of amides is 1. The highest BCUT2D eigenvalue weighted by Crippen LogP contribution is 2.39. The third-order valence-corrected chi connectivity index (χ3v) is 5.06. The Kier molecular flexibility index (Phi) is 4.83. The zero-order chi connectivity index (χ0) is 19.7. The van der Waals surface area contributed by atoms with Crippen molar-refractivity contribution in [2.45, 2.75) is 12.6 Å². The molecule has 1 fully saturated rings. The molecular weight excluding hydrogens is 424 g/mol. The number of Topliss-reactive ketones (excluding diaryl/α,β-unsaturated/α-hetero) is 1. The molecule has 140 valence electrons. The van der Waals surface area contributed by atoms with Crippen LogP contribution in [0.3, 0.4) is 0 Å². The van der Waals surface area contributed by atoms with E-state index in [4.69, 9.17) is 4.42 Å². The van der Waals surface area contributed by atoms with Crippen molar-refractivity contribution < 1.29 is 19.1 Å². The number of carbonyl (C=O) groups excluding carboxylic acids is 2. The molecule has 0 saturated carbocycles. The van der Waals surface area contributed by atoms with Crippen molar-refractivity contribution in [3.63, 3.8) is 0 Å². The van der Waals surface area contributed by atoms with Gasteiger partial charge in [0.1, 0.15) is 17.6 Å². The molecule has 1 aliphatic rings. The van der Waals surface area contributed by atoms with Crippen LogP contribution >= 0.6 is 15.9 Å². The molecule has 1 atom stereocenters. The van der Waals surface area contributed by atoms with Crippen molar-refractivity contribution in [1.29, 1.82) is 0 Å². The summed E-state index contributed by atoms with van der Waals surface area (Å²) in [6.07, 6.45) is 3.09. The summed E-state index contributed by atoms with van der Waals surface area (Å²) in [5.41, 5.74) is 0.949. The molecule has 6 nitrogen and oxygen atoms in total. The molecular formula is C21H15BrN2O4. The second kappa shape index (κ2) is 7.44. The fourth-order valence-electron chi connectivity index (χ4n) is 3.22. The molecule has 0 bridgehead atoms. The number of nitrogens with zero attached hydrogens (tertiary/aromatic N) is 2. The lowest BCUT2D eigenvalue weighted by atomic mass is 9.98. The maximum absolute atomic E-state index is 12.8. The number of hydrogen-bond acceptors (Lipinski definition) is 5. The molecule has 1 N–H and O–H groups in total. The van der Waals surface area contributed by atoms with Gasteiger partial charge in [0, 0.05) is 16.2 Å². The summed E-state index contributed by atoms with van der Waals surface area (Å²) in [6.45, 7) is 0.0932. The van der Waals surface area contributed by atoms with E-state index < -0.39 is 17.7 Å². The zero-order valence-electron chi connectivity index (χ0n) is 14.6. The molecule has 3 heterocycles. The minimum absolute atomic E-state index is 0.0116. The molecule has 4 rings (SSSR count). The van der Waals surface area contributed by atoms with Crippen LogP contribution in [0.5, 0.6) is 0 Å². The Morgan fingerprint density at radius 3 is 2.54 bits per heavy atom. The second-order valence-electron chi connectivity index (χ2n) is 6.27. The summed E-state index contributed by atoms with van der Waals surface area (Å²) in [4.78, 5) is 31.3. The Hall–Kier alpha value is -3.19. The number of aliphatic hydroxyl groups excluding tert-OH is 1. The van der Waals surface area contributed by atoms with Gasteiger partial charge in [-0.05, 0) is 36.4 Å². The summed E-state index contributed by atoms with van der Waals surface area (Å²) in [5.74, 6) is -1.15. The van der Waals surface area contributed by atoms with E-state index in [0.29, 0.717) is 17.0 Å². The van der Waals surface area contributed by atoms with E-state index in [1.807, 2.05) is 0 Å². The van der Waals surface area contributed by atoms with Gasteiger partial charge in [-0.1, -0.05) is 34.1 Å². The van der Waals surface area contributed by atoms with Crippen molar-refractivity contribution in [2.75, 3.05) is 0 Å². The van der Waals surface area contributed by atoms with Crippen LogP contribution in [-0.2, 0) is 16.1 Å². The van der Waals surface area contributed by atoms with E-state index in [-0.39, 0.29) is 17.9 Å². The molecule has 1 saturated heterocycles. The van der Waals surface area contributed by atoms with Crippen LogP contribution in [0, 0.1) is 0 Å². The van der Waals surface area contributed by atoms with E-state index in [1.165, 1.54) is 11.2 Å². The number of carbonyl (C=O) groups is 2. The number of rotatable bonds is 4. The number of likely N-dealkylation sites (tertiary alicyclic amines) is 1. The number of aromatic nitrogens is 1. The van der Waals surface area contributed by atoms with E-state index in [0.717, 1.165) is 4.47 Å². The second-order valence-corrected chi connectivity index (χ2v) is 7.18. The van der Waals surface area contributed by atoms with Gasteiger partial charge >= 0.3 is 0 Å². The number of pyridine rings is 1. The predicted molar refractivity (Wildman–Crippen MR) is 105 cm³/mol. The lowest BCUT2D eigenvalue weighted by Crippen LogP contribution is -2.29. The van der Waals surface area contributed by atoms with Crippen molar-refractivity contribution >= 4 is 33.4 Å². The van der Waals surface area contributed by atoms with Gasteiger partial charge in [0.2, 0.25) is 0 Å². The lowest BCUT2D eigenvalue weighted by molar-refractivity contribution is -0.140. The molecule has 7 heteroatoms. The summed E-state index contributed by atoms with van der Waals surface area (Å²) < 4.78 is 6.18. The number of benzene rings is 1. The molecule has 28 heavy (non-hydrogen) atoms. The number of hydrogen-bond donors (Lipinski definition) is 1. The molecule has 1 amide bonds. The van der Waals surface area contributed by atoms with Gasteiger partial charge in [0.05, 0.1) is 24.1 Å². The van der Waals surface area contributed by atoms with Gasteiger partial charge in [-0.2, -0.15) is 0 Å². The minimum atomic E-state index is -0.810. The molecule has 1 aromatic carbocycles. The maximum atomic E-state index is 12.8. The molecule has 0 radical (unpaired) electrons. The molecule has 1 aliphatic heterocycles. The molecule has 0 aliphatic carbocycles. The van der Waals surface area contributed by atoms with Gasteiger partial charge in [-0.25, -0.2) is 0 Å². The summed E-state index contributed by atoms with van der Waals surface area (Å²) in [6, 6.07) is 14.7. The van der Waals surface area contributed by atoms with Crippen LogP contribution in [0.25, 0.3) is 5.76 Å². The summed E-state index contributed by atoms with van der Waals surface area (Å²) >= 11 is 3.34. The Labute approximate surface area is 169 Å². The number of furan rings is 1. The van der Waals surface area contributed by atoms with Crippen LogP contribution in [0.1, 0.15) is 23.1 Å². The average molecular weight is 439 g/mol. The lowest BCUT2D eigenvalue weighted by Gasteiger charge is -2.23. The van der Waals surface area contributed by atoms with Gasteiger partial charge < -0.3 is 14.4 Å². The van der Waals surface area contributed by atoms with Crippen LogP contribution < -0.4 is 0 Å². The predicted octanol–water partition coefficient (Wildman–Crippen LogP) is 4.06. The highest BCUT2D eigenvalue weighted by atomic mass is 79.9. The molecule has 0 spiro atoms. The normalized spacial score (nSPS) is 18.6. The van der Waals surface area contributed by atoms with Gasteiger partial charge in [0.25, 0.3) is 11.7 Å². The van der Waals surface area contributed by atoms with Gasteiger partial charge in [-0.15, -0.1) is 0 Å². The number of halogens is 1. The first-order valence-electron chi connectivity index (χ1n) is 8.54. The number of ketones is 1. The van der Waals surface area contributed by atoms with E-state index in [2.05, 4.69) is 20.9 Å². The van der Waals surface area contributed by atoms with E-state index >= 15 is 0 Å². The smallest absolute Gasteiger partial charge is 0.296 e. The Balaban J connectivity index is 1.85. The molecule has 2 aromatic heterocycles. The Bertz CT molecular complexity index is 1040. The van der Waals surface area contributed by atoms with Crippen molar-refractivity contribution in [1.82, 2.24) is 9.88 Å². The highest BCUT2D eigenvalue weighted by Gasteiger charge is 2.47. The summed E-state index contributed by atoms with van der Waals surface area (Å²) in [5, 5.41) is 10.9. The minimum Gasteiger partial charge on any atom is -0.507 e.